The normalized spacial score (nSPS) is 24.6. The highest BCUT2D eigenvalue weighted by Crippen LogP contribution is 2.33. The molecule has 3 N–H and O–H groups in total. The lowest BCUT2D eigenvalue weighted by atomic mass is 10.1. The first kappa shape index (κ1) is 19.9. The Balaban J connectivity index is 2.03. The van der Waals surface area contributed by atoms with Crippen molar-refractivity contribution in [2.45, 2.75) is 38.4 Å². The Hall–Kier alpha value is -2.83. The van der Waals surface area contributed by atoms with Gasteiger partial charge in [-0.2, -0.15) is 4.98 Å². The van der Waals surface area contributed by atoms with Gasteiger partial charge >= 0.3 is 5.97 Å². The number of esters is 1. The van der Waals surface area contributed by atoms with Gasteiger partial charge in [-0.3, -0.25) is 24.5 Å². The molecule has 12 nitrogen and oxygen atoms in total. The second kappa shape index (κ2) is 7.66. The van der Waals surface area contributed by atoms with Crippen molar-refractivity contribution in [3.63, 3.8) is 0 Å². The molecule has 3 rings (SSSR count). The van der Waals surface area contributed by atoms with Gasteiger partial charge in [0, 0.05) is 13.0 Å². The van der Waals surface area contributed by atoms with Gasteiger partial charge in [-0.25, -0.2) is 9.78 Å². The molecule has 1 saturated heterocycles. The lowest BCUT2D eigenvalue weighted by Gasteiger charge is -2.19. The van der Waals surface area contributed by atoms with Crippen LogP contribution in [-0.2, 0) is 23.8 Å². The summed E-state index contributed by atoms with van der Waals surface area (Å²) in [6, 6.07) is 0. The van der Waals surface area contributed by atoms with Crippen molar-refractivity contribution in [3.8, 4) is 0 Å². The lowest BCUT2D eigenvalue weighted by molar-refractivity contribution is -0.158. The van der Waals surface area contributed by atoms with E-state index in [1.54, 1.807) is 13.8 Å². The molecule has 1 aliphatic heterocycles. The van der Waals surface area contributed by atoms with Gasteiger partial charge in [0.1, 0.15) is 12.2 Å². The Kier molecular flexibility index (Phi) is 5.45. The highest BCUT2D eigenvalue weighted by molar-refractivity contribution is 5.91. The Bertz CT molecular complexity index is 952. The maximum Gasteiger partial charge on any atom is 0.337 e. The zero-order valence-corrected chi connectivity index (χ0v) is 15.7. The van der Waals surface area contributed by atoms with Crippen molar-refractivity contribution in [1.29, 1.82) is 0 Å². The van der Waals surface area contributed by atoms with Crippen molar-refractivity contribution in [2.24, 2.45) is 5.92 Å². The summed E-state index contributed by atoms with van der Waals surface area (Å²) in [5, 5.41) is 12.9. The van der Waals surface area contributed by atoms with E-state index in [-0.39, 0.29) is 28.9 Å². The number of aromatic nitrogens is 4. The molecule has 4 atom stereocenters. The van der Waals surface area contributed by atoms with E-state index in [4.69, 9.17) is 9.47 Å². The average molecular weight is 395 g/mol. The number of nitrogens with zero attached hydrogens (tertiary/aromatic N) is 3. The Morgan fingerprint density at radius 1 is 1.39 bits per heavy atom. The molecule has 0 spiro atoms. The number of aromatic amines is 1. The predicted octanol–water partition coefficient (Wildman–Crippen LogP) is -0.840. The van der Waals surface area contributed by atoms with Gasteiger partial charge in [-0.15, -0.1) is 0 Å². The zero-order valence-electron chi connectivity index (χ0n) is 15.7. The molecule has 1 amide bonds. The molecule has 0 aromatic carbocycles. The zero-order chi connectivity index (χ0) is 20.6. The Morgan fingerprint density at radius 2 is 2.11 bits per heavy atom. The summed E-state index contributed by atoms with van der Waals surface area (Å²) in [4.78, 5) is 46.7. The topological polar surface area (TPSA) is 158 Å². The van der Waals surface area contributed by atoms with Crippen LogP contribution in [0.4, 0.5) is 5.95 Å². The first-order chi connectivity index (χ1) is 13.3. The molecule has 28 heavy (non-hydrogen) atoms. The second-order valence-corrected chi connectivity index (χ2v) is 6.54. The van der Waals surface area contributed by atoms with Gasteiger partial charge in [-0.05, 0) is 0 Å². The van der Waals surface area contributed by atoms with Crippen LogP contribution in [0, 0.1) is 5.92 Å². The summed E-state index contributed by atoms with van der Waals surface area (Å²) in [6.07, 6.45) is -3.25. The fourth-order valence-electron chi connectivity index (χ4n) is 2.87. The number of anilines is 1. The number of nitrogens with one attached hydrogen (secondary N) is 2. The number of methoxy groups -OCH3 is 2. The molecule has 12 heteroatoms. The van der Waals surface area contributed by atoms with E-state index in [0.717, 1.165) is 0 Å². The summed E-state index contributed by atoms with van der Waals surface area (Å²) in [5.74, 6) is -1.48. The summed E-state index contributed by atoms with van der Waals surface area (Å²) >= 11 is 0. The quantitative estimate of drug-likeness (QED) is 0.549. The van der Waals surface area contributed by atoms with Gasteiger partial charge in [-0.1, -0.05) is 13.8 Å². The van der Waals surface area contributed by atoms with Crippen LogP contribution in [0.25, 0.3) is 11.2 Å². The number of imidazole rings is 1. The number of rotatable bonds is 5. The molecule has 1 fully saturated rings. The average Bonchev–Trinajstić information content (AvgIpc) is 3.21. The maximum absolute atomic E-state index is 12.3. The number of amides is 1. The van der Waals surface area contributed by atoms with Crippen LogP contribution in [0.15, 0.2) is 11.1 Å². The van der Waals surface area contributed by atoms with Gasteiger partial charge in [0.25, 0.3) is 5.56 Å². The van der Waals surface area contributed by atoms with E-state index in [9.17, 15) is 19.5 Å². The van der Waals surface area contributed by atoms with Gasteiger partial charge in [0.05, 0.1) is 13.4 Å². The van der Waals surface area contributed by atoms with E-state index in [1.807, 2.05) is 0 Å². The molecule has 0 aliphatic carbocycles. The van der Waals surface area contributed by atoms with Crippen LogP contribution in [-0.4, -0.2) is 69.0 Å². The largest absolute Gasteiger partial charge is 0.467 e. The van der Waals surface area contributed by atoms with Crippen molar-refractivity contribution in [2.75, 3.05) is 19.5 Å². The summed E-state index contributed by atoms with van der Waals surface area (Å²) in [5.41, 5.74) is -0.482. The monoisotopic (exact) mass is 395 g/mol. The summed E-state index contributed by atoms with van der Waals surface area (Å²) in [7, 11) is 2.52. The Labute approximate surface area is 158 Å². The molecule has 0 radical (unpaired) electrons. The van der Waals surface area contributed by atoms with Crippen LogP contribution in [0.3, 0.4) is 0 Å². The highest BCUT2D eigenvalue weighted by Gasteiger charge is 2.49. The van der Waals surface area contributed by atoms with Gasteiger partial charge in [0.2, 0.25) is 11.9 Å². The number of ether oxygens (including phenoxy) is 3. The van der Waals surface area contributed by atoms with Crippen molar-refractivity contribution in [1.82, 2.24) is 19.5 Å². The van der Waals surface area contributed by atoms with Crippen molar-refractivity contribution >= 4 is 29.0 Å². The predicted molar refractivity (Wildman–Crippen MR) is 94.3 cm³/mol. The smallest absolute Gasteiger partial charge is 0.337 e. The molecular formula is C16H21N5O7. The van der Waals surface area contributed by atoms with Gasteiger partial charge in [0.15, 0.2) is 23.5 Å². The number of carbonyl (C=O) groups is 2. The molecule has 2 aromatic rings. The number of fused-ring (bicyclic) bond motifs is 1. The molecule has 0 bridgehead atoms. The van der Waals surface area contributed by atoms with E-state index < -0.39 is 36.1 Å². The first-order valence-corrected chi connectivity index (χ1v) is 8.50. The van der Waals surface area contributed by atoms with Crippen molar-refractivity contribution < 1.29 is 28.9 Å². The number of aliphatic hydroxyl groups is 1. The molecule has 152 valence electrons. The molecule has 1 aliphatic rings. The third kappa shape index (κ3) is 3.37. The lowest BCUT2D eigenvalue weighted by Crippen LogP contribution is -2.37. The summed E-state index contributed by atoms with van der Waals surface area (Å²) in [6.45, 7) is 3.39. The maximum atomic E-state index is 12.3. The minimum atomic E-state index is -1.30. The minimum Gasteiger partial charge on any atom is -0.467 e. The third-order valence-electron chi connectivity index (χ3n) is 4.39. The number of carbonyl (C=O) groups excluding carboxylic acids is 2. The molecule has 2 aromatic heterocycles. The molecule has 3 heterocycles. The molecule has 0 saturated carbocycles. The van der Waals surface area contributed by atoms with Crippen molar-refractivity contribution in [3.05, 3.63) is 16.7 Å². The van der Waals surface area contributed by atoms with Crippen LogP contribution >= 0.6 is 0 Å². The van der Waals surface area contributed by atoms with Gasteiger partial charge < -0.3 is 19.3 Å². The SMILES string of the molecule is COC(=O)[C@H]1O[C@@H](n2cnc3c(=O)[nH]c(NC(=O)C(C)C)nc32)[C@@H](OC)C1O. The third-order valence-corrected chi connectivity index (χ3v) is 4.39. The van der Waals surface area contributed by atoms with Crippen LogP contribution < -0.4 is 10.9 Å². The fourth-order valence-corrected chi connectivity index (χ4v) is 2.87. The first-order valence-electron chi connectivity index (χ1n) is 8.50. The van der Waals surface area contributed by atoms with Crippen LogP contribution in [0.5, 0.6) is 0 Å². The second-order valence-electron chi connectivity index (χ2n) is 6.54. The number of hydrogen-bond donors (Lipinski definition) is 3. The fraction of sp³-hybridized carbons (Fsp3) is 0.562. The van der Waals surface area contributed by atoms with E-state index in [2.05, 4.69) is 25.0 Å². The standard InChI is InChI=1S/C16H21N5O7/c1-6(2)12(23)19-16-18-11-7(13(24)20-16)17-5-21(11)14-9(26-3)8(22)10(28-14)15(25)27-4/h5-6,8-10,14,22H,1-4H3,(H2,18,19,20,23,24)/t8?,9-,10-,14+/m0/s1. The highest BCUT2D eigenvalue weighted by atomic mass is 16.6. The van der Waals surface area contributed by atoms with E-state index in [1.165, 1.54) is 25.1 Å². The van der Waals surface area contributed by atoms with Crippen LogP contribution in [0.2, 0.25) is 0 Å². The number of hydrogen-bond acceptors (Lipinski definition) is 9. The summed E-state index contributed by atoms with van der Waals surface area (Å²) < 4.78 is 16.9. The minimum absolute atomic E-state index is 0.00277. The number of H-pyrrole nitrogens is 1. The van der Waals surface area contributed by atoms with E-state index in [0.29, 0.717) is 0 Å². The van der Waals surface area contributed by atoms with E-state index >= 15 is 0 Å². The number of aliphatic hydroxyl groups excluding tert-OH is 1. The Morgan fingerprint density at radius 3 is 2.71 bits per heavy atom. The molecular weight excluding hydrogens is 374 g/mol. The van der Waals surface area contributed by atoms with Crippen LogP contribution in [0.1, 0.15) is 20.1 Å². The molecule has 1 unspecified atom stereocenters.